The molecule has 0 saturated carbocycles. The Bertz CT molecular complexity index is 925. The van der Waals surface area contributed by atoms with Crippen LogP contribution in [0.5, 0.6) is 23.0 Å². The molecule has 0 spiro atoms. The van der Waals surface area contributed by atoms with Gasteiger partial charge in [-0.2, -0.15) is 0 Å². The summed E-state index contributed by atoms with van der Waals surface area (Å²) in [4.78, 5) is 12.3. The number of phenols is 1. The largest absolute Gasteiger partial charge is 0.508 e. The first-order valence-electron chi connectivity index (χ1n) is 6.49. The maximum Gasteiger partial charge on any atom is 0.348 e. The van der Waals surface area contributed by atoms with Crippen molar-refractivity contribution in [2.24, 2.45) is 0 Å². The fourth-order valence-corrected chi connectivity index (χ4v) is 2.54. The third kappa shape index (κ3) is 1.92. The van der Waals surface area contributed by atoms with Crippen LogP contribution in [0, 0.1) is 0 Å². The number of ether oxygens (including phenoxy) is 3. The van der Waals surface area contributed by atoms with Crippen LogP contribution >= 0.6 is 0 Å². The minimum Gasteiger partial charge on any atom is -0.508 e. The highest BCUT2D eigenvalue weighted by Crippen LogP contribution is 2.43. The molecule has 3 rings (SSSR count). The van der Waals surface area contributed by atoms with E-state index in [1.807, 2.05) is 0 Å². The molecule has 0 aliphatic heterocycles. The van der Waals surface area contributed by atoms with Crippen LogP contribution in [0.3, 0.4) is 0 Å². The minimum atomic E-state index is -0.578. The van der Waals surface area contributed by atoms with Crippen LogP contribution in [0.2, 0.25) is 0 Å². The van der Waals surface area contributed by atoms with E-state index in [1.165, 1.54) is 33.5 Å². The highest BCUT2D eigenvalue weighted by molar-refractivity contribution is 6.08. The van der Waals surface area contributed by atoms with Gasteiger partial charge in [0.25, 0.3) is 0 Å². The molecule has 0 radical (unpaired) electrons. The Hall–Kier alpha value is -2.89. The molecule has 114 valence electrons. The van der Waals surface area contributed by atoms with Gasteiger partial charge in [0.05, 0.1) is 21.3 Å². The summed E-state index contributed by atoms with van der Waals surface area (Å²) in [6.45, 7) is 0. The molecule has 1 aromatic heterocycles. The van der Waals surface area contributed by atoms with Crippen LogP contribution in [0.25, 0.3) is 21.7 Å². The van der Waals surface area contributed by atoms with Gasteiger partial charge in [0.2, 0.25) is 5.75 Å². The first-order valence-corrected chi connectivity index (χ1v) is 6.49. The molecule has 0 amide bonds. The zero-order chi connectivity index (χ0) is 15.9. The number of phenolic OH excluding ortho intramolecular Hbond substituents is 1. The zero-order valence-corrected chi connectivity index (χ0v) is 12.3. The number of rotatable bonds is 3. The number of hydrogen-bond donors (Lipinski definition) is 1. The van der Waals surface area contributed by atoms with Crippen LogP contribution in [-0.2, 0) is 0 Å². The van der Waals surface area contributed by atoms with E-state index in [9.17, 15) is 9.90 Å². The standard InChI is InChI=1S/C16H14O6/c1-19-12-7-10-9-5-4-8(17)6-11(9)22-16(18)13(10)15(21-3)14(12)20-2/h4-7,17H,1-3H3. The average Bonchev–Trinajstić information content (AvgIpc) is 2.52. The molecule has 3 aromatic rings. The Morgan fingerprint density at radius 1 is 0.955 bits per heavy atom. The summed E-state index contributed by atoms with van der Waals surface area (Å²) in [5.41, 5.74) is -0.294. The lowest BCUT2D eigenvalue weighted by atomic mass is 10.1. The average molecular weight is 302 g/mol. The Morgan fingerprint density at radius 2 is 1.68 bits per heavy atom. The second-order valence-corrected chi connectivity index (χ2v) is 4.64. The Labute approximate surface area is 125 Å². The summed E-state index contributed by atoms with van der Waals surface area (Å²) in [7, 11) is 4.41. The second-order valence-electron chi connectivity index (χ2n) is 4.64. The molecule has 0 aliphatic rings. The summed E-state index contributed by atoms with van der Waals surface area (Å²) in [5.74, 6) is 1.03. The zero-order valence-electron chi connectivity index (χ0n) is 12.3. The highest BCUT2D eigenvalue weighted by Gasteiger charge is 2.21. The van der Waals surface area contributed by atoms with E-state index in [0.29, 0.717) is 22.3 Å². The van der Waals surface area contributed by atoms with E-state index in [-0.39, 0.29) is 22.5 Å². The molecule has 0 aliphatic carbocycles. The molecule has 22 heavy (non-hydrogen) atoms. The van der Waals surface area contributed by atoms with Crippen molar-refractivity contribution in [3.8, 4) is 23.0 Å². The predicted octanol–water partition coefficient (Wildman–Crippen LogP) is 2.68. The van der Waals surface area contributed by atoms with Gasteiger partial charge >= 0.3 is 5.63 Å². The van der Waals surface area contributed by atoms with E-state index in [4.69, 9.17) is 18.6 Å². The van der Waals surface area contributed by atoms with Gasteiger partial charge in [-0.15, -0.1) is 0 Å². The van der Waals surface area contributed by atoms with E-state index in [1.54, 1.807) is 12.1 Å². The van der Waals surface area contributed by atoms with Crippen LogP contribution < -0.4 is 19.8 Å². The van der Waals surface area contributed by atoms with Gasteiger partial charge in [-0.3, -0.25) is 0 Å². The molecule has 0 unspecified atom stereocenters. The summed E-state index contributed by atoms with van der Waals surface area (Å²) >= 11 is 0. The lowest BCUT2D eigenvalue weighted by Crippen LogP contribution is -2.05. The smallest absolute Gasteiger partial charge is 0.348 e. The van der Waals surface area contributed by atoms with Crippen molar-refractivity contribution in [3.63, 3.8) is 0 Å². The first-order chi connectivity index (χ1) is 10.6. The topological polar surface area (TPSA) is 78.1 Å². The SMILES string of the molecule is COc1cc2c(c(OC)c1OC)c(=O)oc1cc(O)ccc12. The van der Waals surface area contributed by atoms with E-state index < -0.39 is 5.63 Å². The molecule has 6 nitrogen and oxygen atoms in total. The number of methoxy groups -OCH3 is 3. The van der Waals surface area contributed by atoms with Crippen LogP contribution in [0.15, 0.2) is 33.5 Å². The van der Waals surface area contributed by atoms with Crippen molar-refractivity contribution in [1.29, 1.82) is 0 Å². The van der Waals surface area contributed by atoms with Gasteiger partial charge in [0, 0.05) is 16.8 Å². The van der Waals surface area contributed by atoms with Crippen LogP contribution in [0.4, 0.5) is 0 Å². The van der Waals surface area contributed by atoms with Gasteiger partial charge in [-0.1, -0.05) is 0 Å². The molecule has 0 bridgehead atoms. The summed E-state index contributed by atoms with van der Waals surface area (Å²) in [6, 6.07) is 6.26. The van der Waals surface area contributed by atoms with Gasteiger partial charge in [0.15, 0.2) is 11.5 Å². The number of benzene rings is 2. The van der Waals surface area contributed by atoms with Gasteiger partial charge in [-0.05, 0) is 18.2 Å². The van der Waals surface area contributed by atoms with Gasteiger partial charge in [0.1, 0.15) is 16.7 Å². The van der Waals surface area contributed by atoms with Gasteiger partial charge < -0.3 is 23.7 Å². The first kappa shape index (κ1) is 14.1. The Balaban J connectivity index is 2.59. The fourth-order valence-electron chi connectivity index (χ4n) is 2.54. The van der Waals surface area contributed by atoms with Crippen molar-refractivity contribution < 1.29 is 23.7 Å². The lowest BCUT2D eigenvalue weighted by molar-refractivity contribution is 0.326. The van der Waals surface area contributed by atoms with Crippen molar-refractivity contribution in [2.75, 3.05) is 21.3 Å². The third-order valence-corrected chi connectivity index (χ3v) is 3.49. The molecule has 0 atom stereocenters. The number of fused-ring (bicyclic) bond motifs is 3. The Kier molecular flexibility index (Phi) is 3.29. The molecule has 0 fully saturated rings. The van der Waals surface area contributed by atoms with E-state index in [2.05, 4.69) is 0 Å². The van der Waals surface area contributed by atoms with Gasteiger partial charge in [-0.25, -0.2) is 4.79 Å². The highest BCUT2D eigenvalue weighted by atomic mass is 16.5. The third-order valence-electron chi connectivity index (χ3n) is 3.49. The molecule has 2 aromatic carbocycles. The summed E-state index contributed by atoms with van der Waals surface area (Å²) in [6.07, 6.45) is 0. The van der Waals surface area contributed by atoms with Crippen molar-refractivity contribution in [1.82, 2.24) is 0 Å². The van der Waals surface area contributed by atoms with E-state index in [0.717, 1.165) is 0 Å². The molecular formula is C16H14O6. The molecular weight excluding hydrogens is 288 g/mol. The quantitative estimate of drug-likeness (QED) is 0.592. The normalized spacial score (nSPS) is 10.9. The maximum atomic E-state index is 12.3. The van der Waals surface area contributed by atoms with Crippen LogP contribution in [0.1, 0.15) is 0 Å². The van der Waals surface area contributed by atoms with Crippen LogP contribution in [-0.4, -0.2) is 26.4 Å². The molecule has 0 saturated heterocycles. The second kappa shape index (κ2) is 5.14. The van der Waals surface area contributed by atoms with Crippen molar-refractivity contribution in [3.05, 3.63) is 34.7 Å². The summed E-state index contributed by atoms with van der Waals surface area (Å²) < 4.78 is 21.2. The lowest BCUT2D eigenvalue weighted by Gasteiger charge is -2.14. The Morgan fingerprint density at radius 3 is 2.32 bits per heavy atom. The minimum absolute atomic E-state index is 0.0161. The summed E-state index contributed by atoms with van der Waals surface area (Å²) in [5, 5.41) is 11.1. The fraction of sp³-hybridized carbons (Fsp3) is 0.188. The molecule has 1 N–H and O–H groups in total. The van der Waals surface area contributed by atoms with Crippen molar-refractivity contribution >= 4 is 21.7 Å². The molecule has 1 heterocycles. The van der Waals surface area contributed by atoms with Crippen molar-refractivity contribution in [2.45, 2.75) is 0 Å². The maximum absolute atomic E-state index is 12.3. The number of hydrogen-bond acceptors (Lipinski definition) is 6. The van der Waals surface area contributed by atoms with E-state index >= 15 is 0 Å². The predicted molar refractivity (Wildman–Crippen MR) is 81.3 cm³/mol. The number of aromatic hydroxyl groups is 1. The monoisotopic (exact) mass is 302 g/mol. The molecule has 6 heteroatoms.